The highest BCUT2D eigenvalue weighted by molar-refractivity contribution is 5.68. The SMILES string of the molecule is O=C(NCC1(c2ccccc2F)[C@@H]2CCN(C(=O)OCc3ccccc3)CC[C@@H]21)OCc1ccccc1. The summed E-state index contributed by atoms with van der Waals surface area (Å²) in [6.07, 6.45) is 0.566. The molecule has 192 valence electrons. The van der Waals surface area contributed by atoms with Crippen LogP contribution in [-0.4, -0.2) is 36.7 Å². The summed E-state index contributed by atoms with van der Waals surface area (Å²) in [6, 6.07) is 25.9. The molecule has 0 radical (unpaired) electrons. The van der Waals surface area contributed by atoms with Crippen molar-refractivity contribution in [2.75, 3.05) is 19.6 Å². The summed E-state index contributed by atoms with van der Waals surface area (Å²) in [5, 5.41) is 2.90. The Morgan fingerprint density at radius 3 is 1.95 bits per heavy atom. The first-order valence-electron chi connectivity index (χ1n) is 12.7. The van der Waals surface area contributed by atoms with E-state index in [1.54, 1.807) is 11.0 Å². The van der Waals surface area contributed by atoms with Crippen LogP contribution in [0.1, 0.15) is 29.5 Å². The monoisotopic (exact) mass is 502 g/mol. The molecule has 5 rings (SSSR count). The molecule has 0 bridgehead atoms. The Hall–Kier alpha value is -3.87. The molecule has 0 spiro atoms. The summed E-state index contributed by atoms with van der Waals surface area (Å²) < 4.78 is 25.9. The van der Waals surface area contributed by atoms with Crippen LogP contribution in [-0.2, 0) is 28.1 Å². The van der Waals surface area contributed by atoms with Crippen molar-refractivity contribution < 1.29 is 23.5 Å². The van der Waals surface area contributed by atoms with Crippen LogP contribution in [0.4, 0.5) is 14.0 Å². The summed E-state index contributed by atoms with van der Waals surface area (Å²) in [6.45, 7) is 1.76. The van der Waals surface area contributed by atoms with Crippen molar-refractivity contribution in [3.8, 4) is 0 Å². The van der Waals surface area contributed by atoms with E-state index in [-0.39, 0.29) is 43.5 Å². The fraction of sp³-hybridized carbons (Fsp3) is 0.333. The zero-order chi connectivity index (χ0) is 25.7. The maximum absolute atomic E-state index is 15.0. The first-order valence-corrected chi connectivity index (χ1v) is 12.7. The second kappa shape index (κ2) is 11.0. The predicted molar refractivity (Wildman–Crippen MR) is 137 cm³/mol. The van der Waals surface area contributed by atoms with Gasteiger partial charge < -0.3 is 19.7 Å². The van der Waals surface area contributed by atoms with Gasteiger partial charge in [0, 0.05) is 25.0 Å². The van der Waals surface area contributed by atoms with Gasteiger partial charge in [-0.2, -0.15) is 0 Å². The topological polar surface area (TPSA) is 67.9 Å². The average Bonchev–Trinajstić information content (AvgIpc) is 3.62. The number of alkyl carbamates (subject to hydrolysis) is 1. The Kier molecular flexibility index (Phi) is 7.40. The highest BCUT2D eigenvalue weighted by atomic mass is 19.1. The molecule has 2 fully saturated rings. The van der Waals surface area contributed by atoms with Gasteiger partial charge in [0.1, 0.15) is 19.0 Å². The van der Waals surface area contributed by atoms with E-state index < -0.39 is 11.5 Å². The van der Waals surface area contributed by atoms with Crippen molar-refractivity contribution in [2.45, 2.75) is 31.5 Å². The summed E-state index contributed by atoms with van der Waals surface area (Å²) in [5.74, 6) is 0.0191. The number of hydrogen-bond donors (Lipinski definition) is 1. The molecule has 2 amide bonds. The van der Waals surface area contributed by atoms with Crippen molar-refractivity contribution in [1.29, 1.82) is 0 Å². The molecule has 6 nitrogen and oxygen atoms in total. The first-order chi connectivity index (χ1) is 18.1. The number of nitrogens with one attached hydrogen (secondary N) is 1. The number of carbonyl (C=O) groups is 2. The van der Waals surface area contributed by atoms with E-state index in [4.69, 9.17) is 9.47 Å². The van der Waals surface area contributed by atoms with Crippen molar-refractivity contribution in [3.63, 3.8) is 0 Å². The Morgan fingerprint density at radius 2 is 1.35 bits per heavy atom. The fourth-order valence-corrected chi connectivity index (χ4v) is 5.80. The second-order valence-electron chi connectivity index (χ2n) is 9.75. The Balaban J connectivity index is 1.21. The lowest BCUT2D eigenvalue weighted by Gasteiger charge is -2.26. The van der Waals surface area contributed by atoms with Gasteiger partial charge in [-0.3, -0.25) is 0 Å². The molecule has 1 saturated heterocycles. The number of amides is 2. The van der Waals surface area contributed by atoms with E-state index >= 15 is 0 Å². The number of benzene rings is 3. The molecular weight excluding hydrogens is 471 g/mol. The van der Waals surface area contributed by atoms with E-state index in [9.17, 15) is 14.0 Å². The smallest absolute Gasteiger partial charge is 0.410 e. The Bertz CT molecular complexity index is 1210. The van der Waals surface area contributed by atoms with Crippen LogP contribution in [0.3, 0.4) is 0 Å². The van der Waals surface area contributed by atoms with Crippen molar-refractivity contribution in [2.24, 2.45) is 11.8 Å². The fourth-order valence-electron chi connectivity index (χ4n) is 5.80. The number of ether oxygens (including phenoxy) is 2. The predicted octanol–water partition coefficient (Wildman–Crippen LogP) is 5.67. The largest absolute Gasteiger partial charge is 0.445 e. The second-order valence-corrected chi connectivity index (χ2v) is 9.75. The van der Waals surface area contributed by atoms with Gasteiger partial charge in [-0.25, -0.2) is 14.0 Å². The van der Waals surface area contributed by atoms with Gasteiger partial charge in [-0.05, 0) is 47.4 Å². The van der Waals surface area contributed by atoms with Crippen LogP contribution in [0.5, 0.6) is 0 Å². The summed E-state index contributed by atoms with van der Waals surface area (Å²) in [5.41, 5.74) is 1.94. The van der Waals surface area contributed by atoms with E-state index in [0.29, 0.717) is 31.5 Å². The molecule has 2 aliphatic rings. The third-order valence-corrected chi connectivity index (χ3v) is 7.70. The number of likely N-dealkylation sites (tertiary alicyclic amines) is 1. The van der Waals surface area contributed by atoms with Gasteiger partial charge >= 0.3 is 12.2 Å². The third kappa shape index (κ3) is 5.45. The van der Waals surface area contributed by atoms with E-state index in [2.05, 4.69) is 5.32 Å². The van der Waals surface area contributed by atoms with Gasteiger partial charge in [0.15, 0.2) is 0 Å². The number of rotatable bonds is 7. The highest BCUT2D eigenvalue weighted by Gasteiger charge is 2.65. The molecule has 1 heterocycles. The van der Waals surface area contributed by atoms with Gasteiger partial charge in [-0.15, -0.1) is 0 Å². The van der Waals surface area contributed by atoms with Crippen LogP contribution >= 0.6 is 0 Å². The zero-order valence-corrected chi connectivity index (χ0v) is 20.6. The molecule has 3 aromatic carbocycles. The molecule has 1 saturated carbocycles. The van der Waals surface area contributed by atoms with E-state index in [1.807, 2.05) is 72.8 Å². The maximum atomic E-state index is 15.0. The molecule has 0 aromatic heterocycles. The maximum Gasteiger partial charge on any atom is 0.410 e. The lowest BCUT2D eigenvalue weighted by Crippen LogP contribution is -2.38. The standard InChI is InChI=1S/C30H31FN2O4/c31-27-14-8-7-13-26(27)30(21-32-28(34)36-19-22-9-3-1-4-10-22)24-15-17-33(18-16-25(24)30)29(35)37-20-23-11-5-2-6-12-23/h1-14,24-25H,15-21H2,(H,32,34)/t24-,25+,30?. The summed E-state index contributed by atoms with van der Waals surface area (Å²) in [7, 11) is 0. The molecular formula is C30H31FN2O4. The van der Waals surface area contributed by atoms with Gasteiger partial charge in [0.2, 0.25) is 0 Å². The lowest BCUT2D eigenvalue weighted by atomic mass is 9.89. The lowest BCUT2D eigenvalue weighted by molar-refractivity contribution is 0.0954. The molecule has 37 heavy (non-hydrogen) atoms. The molecule has 1 unspecified atom stereocenters. The van der Waals surface area contributed by atoms with Crippen LogP contribution in [0.2, 0.25) is 0 Å². The molecule has 3 atom stereocenters. The van der Waals surface area contributed by atoms with Gasteiger partial charge in [0.05, 0.1) is 0 Å². The normalized spacial score (nSPS) is 22.4. The quantitative estimate of drug-likeness (QED) is 0.452. The van der Waals surface area contributed by atoms with E-state index in [1.165, 1.54) is 6.07 Å². The van der Waals surface area contributed by atoms with Gasteiger partial charge in [-0.1, -0.05) is 78.9 Å². The van der Waals surface area contributed by atoms with Gasteiger partial charge in [0.25, 0.3) is 0 Å². The first kappa shape index (κ1) is 24.8. The minimum absolute atomic E-state index is 0.144. The van der Waals surface area contributed by atoms with Crippen molar-refractivity contribution in [3.05, 3.63) is 107 Å². The van der Waals surface area contributed by atoms with Crippen LogP contribution < -0.4 is 5.32 Å². The Morgan fingerprint density at radius 1 is 0.811 bits per heavy atom. The van der Waals surface area contributed by atoms with Crippen LogP contribution in [0.25, 0.3) is 0 Å². The van der Waals surface area contributed by atoms with Crippen LogP contribution in [0.15, 0.2) is 84.9 Å². The number of fused-ring (bicyclic) bond motifs is 1. The van der Waals surface area contributed by atoms with Crippen molar-refractivity contribution >= 4 is 12.2 Å². The summed E-state index contributed by atoms with van der Waals surface area (Å²) >= 11 is 0. The minimum atomic E-state index is -0.521. The Labute approximate surface area is 216 Å². The summed E-state index contributed by atoms with van der Waals surface area (Å²) in [4.78, 5) is 27.0. The highest BCUT2D eigenvalue weighted by Crippen LogP contribution is 2.64. The van der Waals surface area contributed by atoms with Crippen molar-refractivity contribution in [1.82, 2.24) is 10.2 Å². The molecule has 1 aliphatic heterocycles. The number of hydrogen-bond acceptors (Lipinski definition) is 4. The molecule has 7 heteroatoms. The number of halogens is 1. The number of carbonyl (C=O) groups excluding carboxylic acids is 2. The molecule has 1 aliphatic carbocycles. The molecule has 1 N–H and O–H groups in total. The van der Waals surface area contributed by atoms with Crippen LogP contribution in [0, 0.1) is 17.7 Å². The van der Waals surface area contributed by atoms with E-state index in [0.717, 1.165) is 11.1 Å². The third-order valence-electron chi connectivity index (χ3n) is 7.70. The molecule has 3 aromatic rings. The minimum Gasteiger partial charge on any atom is -0.445 e. The number of nitrogens with zero attached hydrogens (tertiary/aromatic N) is 1. The average molecular weight is 503 g/mol. The zero-order valence-electron chi connectivity index (χ0n) is 20.6.